The highest BCUT2D eigenvalue weighted by Gasteiger charge is 2.27. The summed E-state index contributed by atoms with van der Waals surface area (Å²) in [6.45, 7) is 3.89. The minimum Gasteiger partial charge on any atom is -0.322 e. The third kappa shape index (κ3) is 5.03. The summed E-state index contributed by atoms with van der Waals surface area (Å²) in [4.78, 5) is 12.8. The number of anilines is 1. The number of aromatic nitrogens is 2. The predicted molar refractivity (Wildman–Crippen MR) is 119 cm³/mol. The summed E-state index contributed by atoms with van der Waals surface area (Å²) in [6.07, 6.45) is 5.38. The van der Waals surface area contributed by atoms with Crippen LogP contribution in [0.25, 0.3) is 0 Å². The van der Waals surface area contributed by atoms with E-state index in [0.717, 1.165) is 18.4 Å². The second-order valence-corrected chi connectivity index (χ2v) is 9.90. The number of benzene rings is 2. The Balaban J connectivity index is 1.39. The standard InChI is InChI=1S/C23H26N4O3S/c1-18-11-15-27(16-12-18)31(29,30)22-9-7-21(8-10-22)25-23(28)20-5-3-19(4-6-20)17-26-14-2-13-24-26/h2-10,13-14,18H,11-12,15-17H2,1H3,(H,25,28). The average molecular weight is 439 g/mol. The van der Waals surface area contributed by atoms with E-state index in [9.17, 15) is 13.2 Å². The molecule has 0 spiro atoms. The number of piperidine rings is 1. The fraction of sp³-hybridized carbons (Fsp3) is 0.304. The lowest BCUT2D eigenvalue weighted by molar-refractivity contribution is 0.102. The summed E-state index contributed by atoms with van der Waals surface area (Å²) < 4.78 is 29.0. The molecule has 0 aliphatic carbocycles. The Morgan fingerprint density at radius 1 is 1.06 bits per heavy atom. The Morgan fingerprint density at radius 3 is 2.35 bits per heavy atom. The molecule has 31 heavy (non-hydrogen) atoms. The van der Waals surface area contributed by atoms with Crippen molar-refractivity contribution in [1.82, 2.24) is 14.1 Å². The van der Waals surface area contributed by atoms with Crippen molar-refractivity contribution in [3.05, 3.63) is 78.1 Å². The zero-order chi connectivity index (χ0) is 21.8. The van der Waals surface area contributed by atoms with E-state index in [-0.39, 0.29) is 10.8 Å². The molecule has 4 rings (SSSR count). The summed E-state index contributed by atoms with van der Waals surface area (Å²) in [5.74, 6) is 0.315. The molecule has 0 atom stereocenters. The van der Waals surface area contributed by atoms with E-state index < -0.39 is 10.0 Å². The molecule has 2 heterocycles. The summed E-state index contributed by atoms with van der Waals surface area (Å²) in [7, 11) is -3.50. The monoisotopic (exact) mass is 438 g/mol. The second-order valence-electron chi connectivity index (χ2n) is 7.97. The number of hydrogen-bond donors (Lipinski definition) is 1. The molecular formula is C23H26N4O3S. The van der Waals surface area contributed by atoms with Crippen LogP contribution >= 0.6 is 0 Å². The first-order valence-electron chi connectivity index (χ1n) is 10.4. The van der Waals surface area contributed by atoms with Crippen LogP contribution in [-0.2, 0) is 16.6 Å². The maximum absolute atomic E-state index is 12.8. The van der Waals surface area contributed by atoms with Gasteiger partial charge in [-0.2, -0.15) is 9.40 Å². The molecule has 162 valence electrons. The lowest BCUT2D eigenvalue weighted by atomic mass is 10.0. The molecule has 1 aliphatic rings. The van der Waals surface area contributed by atoms with Crippen molar-refractivity contribution < 1.29 is 13.2 Å². The summed E-state index contributed by atoms with van der Waals surface area (Å²) in [5, 5.41) is 7.00. The zero-order valence-corrected chi connectivity index (χ0v) is 18.3. The van der Waals surface area contributed by atoms with Crippen molar-refractivity contribution in [3.8, 4) is 0 Å². The molecule has 1 aromatic heterocycles. The Hall–Kier alpha value is -2.97. The second kappa shape index (κ2) is 9.03. The number of amides is 1. The Bertz CT molecular complexity index is 1120. The highest BCUT2D eigenvalue weighted by molar-refractivity contribution is 7.89. The lowest BCUT2D eigenvalue weighted by Crippen LogP contribution is -2.37. The van der Waals surface area contributed by atoms with Crippen LogP contribution in [-0.4, -0.2) is 41.5 Å². The molecule has 3 aromatic rings. The van der Waals surface area contributed by atoms with E-state index in [1.54, 1.807) is 46.9 Å². The van der Waals surface area contributed by atoms with E-state index in [1.165, 1.54) is 0 Å². The molecular weight excluding hydrogens is 412 g/mol. The summed E-state index contributed by atoms with van der Waals surface area (Å²) in [6, 6.07) is 15.6. The maximum Gasteiger partial charge on any atom is 0.255 e. The number of nitrogens with zero attached hydrogens (tertiary/aromatic N) is 3. The van der Waals surface area contributed by atoms with Crippen LogP contribution in [0.15, 0.2) is 71.9 Å². The van der Waals surface area contributed by atoms with Gasteiger partial charge in [0.1, 0.15) is 0 Å². The van der Waals surface area contributed by atoms with Crippen molar-refractivity contribution in [2.45, 2.75) is 31.2 Å². The number of hydrogen-bond acceptors (Lipinski definition) is 4. The van der Waals surface area contributed by atoms with Gasteiger partial charge < -0.3 is 5.32 Å². The molecule has 1 aliphatic heterocycles. The molecule has 7 nitrogen and oxygen atoms in total. The largest absolute Gasteiger partial charge is 0.322 e. The minimum atomic E-state index is -3.50. The molecule has 1 fully saturated rings. The Labute approximate surface area is 182 Å². The number of rotatable bonds is 6. The molecule has 1 amide bonds. The quantitative estimate of drug-likeness (QED) is 0.637. The van der Waals surface area contributed by atoms with Crippen molar-refractivity contribution in [1.29, 1.82) is 0 Å². The minimum absolute atomic E-state index is 0.244. The SMILES string of the molecule is CC1CCN(S(=O)(=O)c2ccc(NC(=O)c3ccc(Cn4cccn4)cc3)cc2)CC1. The smallest absolute Gasteiger partial charge is 0.255 e. The molecule has 1 N–H and O–H groups in total. The van der Waals surface area contributed by atoms with E-state index in [1.807, 2.05) is 29.1 Å². The van der Waals surface area contributed by atoms with Gasteiger partial charge >= 0.3 is 0 Å². The van der Waals surface area contributed by atoms with Gasteiger partial charge in [0.15, 0.2) is 0 Å². The van der Waals surface area contributed by atoms with Crippen molar-refractivity contribution in [2.24, 2.45) is 5.92 Å². The van der Waals surface area contributed by atoms with Gasteiger partial charge in [0.2, 0.25) is 10.0 Å². The number of carbonyl (C=O) groups excluding carboxylic acids is 1. The molecule has 0 unspecified atom stereocenters. The lowest BCUT2D eigenvalue weighted by Gasteiger charge is -2.29. The van der Waals surface area contributed by atoms with Crippen LogP contribution in [0.3, 0.4) is 0 Å². The normalized spacial score (nSPS) is 15.6. The van der Waals surface area contributed by atoms with Crippen molar-refractivity contribution >= 4 is 21.6 Å². The maximum atomic E-state index is 12.8. The number of nitrogens with one attached hydrogen (secondary N) is 1. The van der Waals surface area contributed by atoms with Gasteiger partial charge in [-0.3, -0.25) is 9.48 Å². The van der Waals surface area contributed by atoms with Crippen LogP contribution in [0, 0.1) is 5.92 Å². The molecule has 2 aromatic carbocycles. The first-order chi connectivity index (χ1) is 14.9. The molecule has 0 bridgehead atoms. The van der Waals surface area contributed by atoms with Gasteiger partial charge in [0, 0.05) is 36.7 Å². The number of sulfonamides is 1. The fourth-order valence-corrected chi connectivity index (χ4v) is 5.10. The highest BCUT2D eigenvalue weighted by atomic mass is 32.2. The highest BCUT2D eigenvalue weighted by Crippen LogP contribution is 2.24. The van der Waals surface area contributed by atoms with Crippen molar-refractivity contribution in [3.63, 3.8) is 0 Å². The third-order valence-corrected chi connectivity index (χ3v) is 7.53. The molecule has 0 radical (unpaired) electrons. The number of carbonyl (C=O) groups is 1. The third-order valence-electron chi connectivity index (χ3n) is 5.61. The average Bonchev–Trinajstić information content (AvgIpc) is 3.28. The zero-order valence-electron chi connectivity index (χ0n) is 17.4. The topological polar surface area (TPSA) is 84.3 Å². The van der Waals surface area contributed by atoms with Crippen LogP contribution < -0.4 is 5.32 Å². The van der Waals surface area contributed by atoms with Crippen LogP contribution in [0.5, 0.6) is 0 Å². The van der Waals surface area contributed by atoms with Gasteiger partial charge in [0.25, 0.3) is 5.91 Å². The summed E-state index contributed by atoms with van der Waals surface area (Å²) in [5.41, 5.74) is 2.13. The van der Waals surface area contributed by atoms with Crippen LogP contribution in [0.2, 0.25) is 0 Å². The molecule has 1 saturated heterocycles. The van der Waals surface area contributed by atoms with E-state index >= 15 is 0 Å². The van der Waals surface area contributed by atoms with Gasteiger partial charge in [-0.1, -0.05) is 19.1 Å². The van der Waals surface area contributed by atoms with Gasteiger partial charge in [-0.25, -0.2) is 8.42 Å². The van der Waals surface area contributed by atoms with E-state index in [4.69, 9.17) is 0 Å². The van der Waals surface area contributed by atoms with Crippen molar-refractivity contribution in [2.75, 3.05) is 18.4 Å². The Kier molecular flexibility index (Phi) is 6.20. The molecule has 0 saturated carbocycles. The van der Waals surface area contributed by atoms with Gasteiger partial charge in [-0.15, -0.1) is 0 Å². The van der Waals surface area contributed by atoms with Gasteiger partial charge in [0.05, 0.1) is 11.4 Å². The van der Waals surface area contributed by atoms with Gasteiger partial charge in [-0.05, 0) is 66.8 Å². The van der Waals surface area contributed by atoms with E-state index in [0.29, 0.717) is 36.8 Å². The van der Waals surface area contributed by atoms with Crippen LogP contribution in [0.4, 0.5) is 5.69 Å². The molecule has 8 heteroatoms. The first-order valence-corrected chi connectivity index (χ1v) is 11.8. The fourth-order valence-electron chi connectivity index (χ4n) is 3.63. The summed E-state index contributed by atoms with van der Waals surface area (Å²) >= 11 is 0. The van der Waals surface area contributed by atoms with E-state index in [2.05, 4.69) is 17.3 Å². The predicted octanol–water partition coefficient (Wildman–Crippen LogP) is 3.60. The first kappa shape index (κ1) is 21.3. The van der Waals surface area contributed by atoms with Crippen LogP contribution in [0.1, 0.15) is 35.7 Å². The Morgan fingerprint density at radius 2 is 1.74 bits per heavy atom.